The number of halogens is 1. The first-order valence-corrected chi connectivity index (χ1v) is 8.02. The van der Waals surface area contributed by atoms with Crippen molar-refractivity contribution in [1.29, 1.82) is 0 Å². The topological polar surface area (TPSA) is 19.4 Å². The van der Waals surface area contributed by atoms with Gasteiger partial charge in [-0.25, -0.2) is 4.98 Å². The van der Waals surface area contributed by atoms with E-state index in [0.717, 1.165) is 31.2 Å². The quantitative estimate of drug-likeness (QED) is 0.776. The zero-order valence-electron chi connectivity index (χ0n) is 11.2. The van der Waals surface area contributed by atoms with Gasteiger partial charge in [-0.1, -0.05) is 13.8 Å². The van der Waals surface area contributed by atoms with Gasteiger partial charge in [-0.2, -0.15) is 0 Å². The molecule has 0 aromatic carbocycles. The molecule has 1 saturated heterocycles. The highest BCUT2D eigenvalue weighted by atomic mass is 35.5. The SMILES string of the molecule is CC(C)CN1CCN(Cc2nc(CCl)cs2)CC1. The second-order valence-corrected chi connectivity index (χ2v) is 6.55. The molecule has 2 rings (SSSR count). The van der Waals surface area contributed by atoms with Gasteiger partial charge in [0.2, 0.25) is 0 Å². The molecule has 1 aliphatic heterocycles. The van der Waals surface area contributed by atoms with Crippen molar-refractivity contribution < 1.29 is 0 Å². The molecule has 1 aromatic heterocycles. The summed E-state index contributed by atoms with van der Waals surface area (Å²) in [5.74, 6) is 1.29. The second kappa shape index (κ2) is 6.85. The van der Waals surface area contributed by atoms with E-state index in [9.17, 15) is 0 Å². The highest BCUT2D eigenvalue weighted by molar-refractivity contribution is 7.09. The van der Waals surface area contributed by atoms with Gasteiger partial charge in [0.15, 0.2) is 0 Å². The largest absolute Gasteiger partial charge is 0.301 e. The van der Waals surface area contributed by atoms with Crippen LogP contribution in [0.1, 0.15) is 24.5 Å². The summed E-state index contributed by atoms with van der Waals surface area (Å²) in [5, 5.41) is 3.26. The van der Waals surface area contributed by atoms with Crippen molar-refractivity contribution in [3.8, 4) is 0 Å². The van der Waals surface area contributed by atoms with E-state index in [1.54, 1.807) is 11.3 Å². The van der Waals surface area contributed by atoms with E-state index in [-0.39, 0.29) is 0 Å². The van der Waals surface area contributed by atoms with Crippen LogP contribution in [-0.4, -0.2) is 47.5 Å². The molecular formula is C13H22ClN3S. The van der Waals surface area contributed by atoms with Crippen molar-refractivity contribution >= 4 is 22.9 Å². The molecule has 0 radical (unpaired) electrons. The highest BCUT2D eigenvalue weighted by Crippen LogP contribution is 2.15. The van der Waals surface area contributed by atoms with E-state index in [2.05, 4.69) is 34.0 Å². The summed E-state index contributed by atoms with van der Waals surface area (Å²) < 4.78 is 0. The van der Waals surface area contributed by atoms with Gasteiger partial charge in [-0.05, 0) is 5.92 Å². The van der Waals surface area contributed by atoms with Crippen LogP contribution in [0.5, 0.6) is 0 Å². The van der Waals surface area contributed by atoms with Crippen LogP contribution >= 0.6 is 22.9 Å². The first kappa shape index (κ1) is 14.3. The van der Waals surface area contributed by atoms with Crippen LogP contribution in [0.4, 0.5) is 0 Å². The smallest absolute Gasteiger partial charge is 0.107 e. The van der Waals surface area contributed by atoms with Gasteiger partial charge in [0.1, 0.15) is 5.01 Å². The first-order valence-electron chi connectivity index (χ1n) is 6.61. The second-order valence-electron chi connectivity index (χ2n) is 5.34. The molecule has 0 aliphatic carbocycles. The first-order chi connectivity index (χ1) is 8.67. The third-order valence-corrected chi connectivity index (χ3v) is 4.34. The molecule has 0 unspecified atom stereocenters. The van der Waals surface area contributed by atoms with E-state index in [4.69, 9.17) is 11.6 Å². The molecule has 1 aliphatic rings. The van der Waals surface area contributed by atoms with Crippen LogP contribution in [-0.2, 0) is 12.4 Å². The molecule has 0 atom stereocenters. The van der Waals surface area contributed by atoms with Crippen LogP contribution in [0, 0.1) is 5.92 Å². The van der Waals surface area contributed by atoms with E-state index < -0.39 is 0 Å². The van der Waals surface area contributed by atoms with E-state index in [1.807, 2.05) is 0 Å². The van der Waals surface area contributed by atoms with Crippen LogP contribution in [0.15, 0.2) is 5.38 Å². The average Bonchev–Trinajstić information content (AvgIpc) is 2.79. The molecule has 1 aromatic rings. The maximum absolute atomic E-state index is 5.77. The molecule has 3 nitrogen and oxygen atoms in total. The Balaban J connectivity index is 1.76. The fourth-order valence-electron chi connectivity index (χ4n) is 2.32. The molecule has 0 N–H and O–H groups in total. The maximum atomic E-state index is 5.77. The zero-order valence-corrected chi connectivity index (χ0v) is 12.8. The lowest BCUT2D eigenvalue weighted by molar-refractivity contribution is 0.117. The molecule has 0 bridgehead atoms. The Hall–Kier alpha value is -0.160. The highest BCUT2D eigenvalue weighted by Gasteiger charge is 2.18. The van der Waals surface area contributed by atoms with Gasteiger partial charge in [0.05, 0.1) is 18.1 Å². The molecule has 0 amide bonds. The summed E-state index contributed by atoms with van der Waals surface area (Å²) in [6, 6.07) is 0. The van der Waals surface area contributed by atoms with Gasteiger partial charge in [0.25, 0.3) is 0 Å². The molecule has 18 heavy (non-hydrogen) atoms. The summed E-state index contributed by atoms with van der Waals surface area (Å²) in [5.41, 5.74) is 1.01. The number of thiazole rings is 1. The molecule has 0 spiro atoms. The summed E-state index contributed by atoms with van der Waals surface area (Å²) >= 11 is 7.50. The summed E-state index contributed by atoms with van der Waals surface area (Å²) in [7, 11) is 0. The average molecular weight is 288 g/mol. The standard InChI is InChI=1S/C13H22ClN3S/c1-11(2)8-16-3-5-17(6-4-16)9-13-15-12(7-14)10-18-13/h10-11H,3-9H2,1-2H3. The van der Waals surface area contributed by atoms with E-state index >= 15 is 0 Å². The fraction of sp³-hybridized carbons (Fsp3) is 0.769. The molecule has 0 saturated carbocycles. The van der Waals surface area contributed by atoms with Crippen LogP contribution in [0.25, 0.3) is 0 Å². The van der Waals surface area contributed by atoms with Gasteiger partial charge in [-0.15, -0.1) is 22.9 Å². The van der Waals surface area contributed by atoms with Crippen molar-refractivity contribution in [3.63, 3.8) is 0 Å². The minimum absolute atomic E-state index is 0.526. The van der Waals surface area contributed by atoms with Crippen molar-refractivity contribution in [3.05, 3.63) is 16.1 Å². The summed E-state index contributed by atoms with van der Waals surface area (Å²) in [6.45, 7) is 11.5. The van der Waals surface area contributed by atoms with Crippen molar-refractivity contribution in [1.82, 2.24) is 14.8 Å². The lowest BCUT2D eigenvalue weighted by Gasteiger charge is -2.35. The fourth-order valence-corrected chi connectivity index (χ4v) is 3.38. The van der Waals surface area contributed by atoms with Gasteiger partial charge in [-0.3, -0.25) is 4.90 Å². The lowest BCUT2D eigenvalue weighted by Crippen LogP contribution is -2.46. The minimum Gasteiger partial charge on any atom is -0.301 e. The third kappa shape index (κ3) is 4.19. The van der Waals surface area contributed by atoms with Crippen LogP contribution in [0.2, 0.25) is 0 Å². The Morgan fingerprint density at radius 2 is 1.94 bits per heavy atom. The number of nitrogens with zero attached hydrogens (tertiary/aromatic N) is 3. The van der Waals surface area contributed by atoms with Crippen molar-refractivity contribution in [2.75, 3.05) is 32.7 Å². The van der Waals surface area contributed by atoms with Crippen LogP contribution in [0.3, 0.4) is 0 Å². The Labute approximate surface area is 119 Å². The Morgan fingerprint density at radius 1 is 1.28 bits per heavy atom. The summed E-state index contributed by atoms with van der Waals surface area (Å²) in [4.78, 5) is 9.58. The predicted molar refractivity (Wildman–Crippen MR) is 78.2 cm³/mol. The van der Waals surface area contributed by atoms with E-state index in [1.165, 1.54) is 24.6 Å². The monoisotopic (exact) mass is 287 g/mol. The molecule has 102 valence electrons. The number of hydrogen-bond acceptors (Lipinski definition) is 4. The minimum atomic E-state index is 0.526. The molecule has 1 fully saturated rings. The zero-order chi connectivity index (χ0) is 13.0. The third-order valence-electron chi connectivity index (χ3n) is 3.18. The number of hydrogen-bond donors (Lipinski definition) is 0. The van der Waals surface area contributed by atoms with Crippen molar-refractivity contribution in [2.45, 2.75) is 26.3 Å². The molecular weight excluding hydrogens is 266 g/mol. The lowest BCUT2D eigenvalue weighted by atomic mass is 10.2. The normalized spacial score (nSPS) is 18.7. The Kier molecular flexibility index (Phi) is 5.42. The molecule has 2 heterocycles. The van der Waals surface area contributed by atoms with Gasteiger partial charge < -0.3 is 4.90 Å². The number of alkyl halides is 1. The van der Waals surface area contributed by atoms with Crippen molar-refractivity contribution in [2.24, 2.45) is 5.92 Å². The van der Waals surface area contributed by atoms with Gasteiger partial charge >= 0.3 is 0 Å². The number of rotatable bonds is 5. The van der Waals surface area contributed by atoms with Crippen LogP contribution < -0.4 is 0 Å². The number of piperazine rings is 1. The Morgan fingerprint density at radius 3 is 2.50 bits per heavy atom. The van der Waals surface area contributed by atoms with E-state index in [0.29, 0.717) is 5.88 Å². The van der Waals surface area contributed by atoms with Gasteiger partial charge in [0, 0.05) is 38.1 Å². The predicted octanol–water partition coefficient (Wildman–Crippen LogP) is 2.66. The Bertz CT molecular complexity index is 359. The maximum Gasteiger partial charge on any atom is 0.107 e. The number of aromatic nitrogens is 1. The molecule has 5 heteroatoms. The summed E-state index contributed by atoms with van der Waals surface area (Å²) in [6.07, 6.45) is 0.